The van der Waals surface area contributed by atoms with Crippen LogP contribution in [0.25, 0.3) is 10.4 Å². The van der Waals surface area contributed by atoms with Crippen molar-refractivity contribution in [3.63, 3.8) is 0 Å². The summed E-state index contributed by atoms with van der Waals surface area (Å²) < 4.78 is 13.4. The Labute approximate surface area is 204 Å². The second-order valence-corrected chi connectivity index (χ2v) is 8.01. The summed E-state index contributed by atoms with van der Waals surface area (Å²) in [7, 11) is 0. The number of aromatic nitrogens is 2. The standard InChI is InChI=1S/C21H23FN4OS.3ClH/c22-18-3-1-2-17(12-18)19-14-24-21(28-19)25-20-13-16(4-7-23-20)15-5-8-26(9-6-15)10-11-27;;;/h1-4,7,12-15,27H,5-6,8-11H2,(H,23,24,25);3*1H. The quantitative estimate of drug-likeness (QED) is 0.460. The van der Waals surface area contributed by atoms with Gasteiger partial charge >= 0.3 is 0 Å². The molecule has 3 aromatic rings. The van der Waals surface area contributed by atoms with E-state index >= 15 is 0 Å². The largest absolute Gasteiger partial charge is 0.395 e. The number of thiazole rings is 1. The molecule has 0 saturated carbocycles. The van der Waals surface area contributed by atoms with Crippen LogP contribution in [0.4, 0.5) is 15.3 Å². The van der Waals surface area contributed by atoms with Gasteiger partial charge in [0, 0.05) is 18.9 Å². The summed E-state index contributed by atoms with van der Waals surface area (Å²) in [5.41, 5.74) is 2.10. The van der Waals surface area contributed by atoms with Crippen LogP contribution in [-0.4, -0.2) is 46.2 Å². The summed E-state index contributed by atoms with van der Waals surface area (Å²) in [6.45, 7) is 3.01. The highest BCUT2D eigenvalue weighted by Crippen LogP contribution is 2.32. The molecule has 0 unspecified atom stereocenters. The van der Waals surface area contributed by atoms with Gasteiger partial charge in [0.15, 0.2) is 5.13 Å². The van der Waals surface area contributed by atoms with Gasteiger partial charge in [0.05, 0.1) is 11.5 Å². The number of aliphatic hydroxyl groups excluding tert-OH is 1. The van der Waals surface area contributed by atoms with E-state index in [4.69, 9.17) is 5.11 Å². The van der Waals surface area contributed by atoms with Gasteiger partial charge in [0.1, 0.15) is 11.6 Å². The first-order valence-corrected chi connectivity index (χ1v) is 10.3. The summed E-state index contributed by atoms with van der Waals surface area (Å²) in [6.07, 6.45) is 5.76. The normalized spacial score (nSPS) is 14.1. The summed E-state index contributed by atoms with van der Waals surface area (Å²) in [6, 6.07) is 10.7. The third-order valence-electron chi connectivity index (χ3n) is 5.11. The molecule has 3 heterocycles. The fraction of sp³-hybridized carbons (Fsp3) is 0.333. The van der Waals surface area contributed by atoms with Crippen LogP contribution in [0.5, 0.6) is 0 Å². The second kappa shape index (κ2) is 13.2. The SMILES string of the molecule is Cl.Cl.Cl.OCCN1CCC(c2ccnc(Nc3ncc(-c4cccc(F)c4)s3)c2)CC1. The molecule has 170 valence electrons. The Kier molecular flexibility index (Phi) is 11.7. The number of β-amino-alcohol motifs (C(OH)–C–C–N with tert-alkyl or cyclic N) is 1. The molecule has 10 heteroatoms. The smallest absolute Gasteiger partial charge is 0.188 e. The molecule has 1 aliphatic rings. The first-order valence-electron chi connectivity index (χ1n) is 9.49. The number of nitrogens with zero attached hydrogens (tertiary/aromatic N) is 3. The molecule has 1 aromatic carbocycles. The number of hydrogen-bond donors (Lipinski definition) is 2. The molecule has 1 fully saturated rings. The number of benzene rings is 1. The van der Waals surface area contributed by atoms with E-state index in [2.05, 4.69) is 32.3 Å². The number of likely N-dealkylation sites (tertiary alicyclic amines) is 1. The average molecular weight is 508 g/mol. The van der Waals surface area contributed by atoms with Gasteiger partial charge in [-0.3, -0.25) is 0 Å². The van der Waals surface area contributed by atoms with Crippen molar-refractivity contribution in [1.82, 2.24) is 14.9 Å². The zero-order chi connectivity index (χ0) is 19.3. The lowest BCUT2D eigenvalue weighted by Gasteiger charge is -2.31. The molecule has 0 atom stereocenters. The molecule has 5 nitrogen and oxygen atoms in total. The van der Waals surface area contributed by atoms with Crippen molar-refractivity contribution in [2.75, 3.05) is 31.6 Å². The zero-order valence-corrected chi connectivity index (χ0v) is 20.0. The monoisotopic (exact) mass is 506 g/mol. The molecule has 4 rings (SSSR count). The van der Waals surface area contributed by atoms with Crippen LogP contribution in [0.2, 0.25) is 0 Å². The van der Waals surface area contributed by atoms with Gasteiger partial charge in [-0.25, -0.2) is 14.4 Å². The van der Waals surface area contributed by atoms with E-state index in [0.29, 0.717) is 5.92 Å². The molecule has 0 aliphatic carbocycles. The molecular formula is C21H26Cl3FN4OS. The lowest BCUT2D eigenvalue weighted by Crippen LogP contribution is -2.34. The first-order chi connectivity index (χ1) is 13.7. The van der Waals surface area contributed by atoms with E-state index in [1.807, 2.05) is 12.3 Å². The average Bonchev–Trinajstić information content (AvgIpc) is 3.18. The number of nitrogens with one attached hydrogen (secondary N) is 1. The Morgan fingerprint density at radius 1 is 1.10 bits per heavy atom. The van der Waals surface area contributed by atoms with Crippen molar-refractivity contribution in [3.8, 4) is 10.4 Å². The third kappa shape index (κ3) is 7.27. The fourth-order valence-electron chi connectivity index (χ4n) is 3.62. The summed E-state index contributed by atoms with van der Waals surface area (Å²) in [4.78, 5) is 12.0. The maximum absolute atomic E-state index is 13.4. The van der Waals surface area contributed by atoms with Crippen molar-refractivity contribution in [2.45, 2.75) is 18.8 Å². The van der Waals surface area contributed by atoms with Crippen molar-refractivity contribution in [2.24, 2.45) is 0 Å². The minimum absolute atomic E-state index is 0. The van der Waals surface area contributed by atoms with E-state index in [9.17, 15) is 4.39 Å². The van der Waals surface area contributed by atoms with E-state index in [-0.39, 0.29) is 49.6 Å². The maximum Gasteiger partial charge on any atom is 0.188 e. The topological polar surface area (TPSA) is 61.3 Å². The van der Waals surface area contributed by atoms with Crippen LogP contribution < -0.4 is 5.32 Å². The number of piperidine rings is 1. The Bertz CT molecular complexity index is 938. The number of halogens is 4. The maximum atomic E-state index is 13.4. The number of pyridine rings is 1. The number of aliphatic hydroxyl groups is 1. The third-order valence-corrected chi connectivity index (χ3v) is 6.07. The van der Waals surface area contributed by atoms with Crippen LogP contribution in [0, 0.1) is 5.82 Å². The fourth-order valence-corrected chi connectivity index (χ4v) is 4.44. The van der Waals surface area contributed by atoms with Gasteiger partial charge in [-0.2, -0.15) is 0 Å². The Morgan fingerprint density at radius 2 is 1.87 bits per heavy atom. The Balaban J connectivity index is 0.00000160. The molecule has 0 bridgehead atoms. The lowest BCUT2D eigenvalue weighted by molar-refractivity contribution is 0.164. The molecule has 0 amide bonds. The Hall–Kier alpha value is -1.48. The number of rotatable bonds is 6. The van der Waals surface area contributed by atoms with Crippen LogP contribution in [-0.2, 0) is 0 Å². The predicted molar refractivity (Wildman–Crippen MR) is 132 cm³/mol. The minimum atomic E-state index is -0.250. The lowest BCUT2D eigenvalue weighted by atomic mass is 9.90. The van der Waals surface area contributed by atoms with Crippen molar-refractivity contribution in [1.29, 1.82) is 0 Å². The van der Waals surface area contributed by atoms with Crippen LogP contribution in [0.1, 0.15) is 24.3 Å². The van der Waals surface area contributed by atoms with Crippen LogP contribution in [0.3, 0.4) is 0 Å². The van der Waals surface area contributed by atoms with Gasteiger partial charge in [-0.05, 0) is 67.2 Å². The molecule has 2 N–H and O–H groups in total. The first kappa shape index (κ1) is 27.6. The van der Waals surface area contributed by atoms with Crippen LogP contribution in [0.15, 0.2) is 48.8 Å². The molecule has 1 aliphatic heterocycles. The molecule has 2 aromatic heterocycles. The minimum Gasteiger partial charge on any atom is -0.395 e. The highest BCUT2D eigenvalue weighted by Gasteiger charge is 2.20. The van der Waals surface area contributed by atoms with Crippen LogP contribution >= 0.6 is 48.6 Å². The van der Waals surface area contributed by atoms with Crippen molar-refractivity contribution < 1.29 is 9.50 Å². The number of anilines is 2. The highest BCUT2D eigenvalue weighted by atomic mass is 35.5. The second-order valence-electron chi connectivity index (χ2n) is 6.98. The van der Waals surface area contributed by atoms with Gasteiger partial charge < -0.3 is 15.3 Å². The van der Waals surface area contributed by atoms with Crippen molar-refractivity contribution >= 4 is 59.5 Å². The molecule has 1 saturated heterocycles. The predicted octanol–water partition coefficient (Wildman–Crippen LogP) is 5.52. The highest BCUT2D eigenvalue weighted by molar-refractivity contribution is 7.18. The van der Waals surface area contributed by atoms with Crippen molar-refractivity contribution in [3.05, 3.63) is 60.2 Å². The van der Waals surface area contributed by atoms with E-state index in [0.717, 1.165) is 53.9 Å². The summed E-state index contributed by atoms with van der Waals surface area (Å²) in [5.74, 6) is 1.04. The van der Waals surface area contributed by atoms with Gasteiger partial charge in [0.25, 0.3) is 0 Å². The number of hydrogen-bond acceptors (Lipinski definition) is 6. The van der Waals surface area contributed by atoms with Gasteiger partial charge in [-0.1, -0.05) is 23.5 Å². The molecule has 0 radical (unpaired) electrons. The summed E-state index contributed by atoms with van der Waals surface area (Å²) in [5, 5.41) is 13.1. The molecule has 31 heavy (non-hydrogen) atoms. The summed E-state index contributed by atoms with van der Waals surface area (Å²) >= 11 is 1.48. The van der Waals surface area contributed by atoms with E-state index in [1.165, 1.54) is 29.0 Å². The molecular weight excluding hydrogens is 482 g/mol. The Morgan fingerprint density at radius 3 is 2.58 bits per heavy atom. The molecule has 0 spiro atoms. The van der Waals surface area contributed by atoms with Gasteiger partial charge in [0.2, 0.25) is 0 Å². The van der Waals surface area contributed by atoms with E-state index in [1.54, 1.807) is 12.3 Å². The van der Waals surface area contributed by atoms with Gasteiger partial charge in [-0.15, -0.1) is 37.2 Å². The van der Waals surface area contributed by atoms with E-state index < -0.39 is 0 Å². The zero-order valence-electron chi connectivity index (χ0n) is 16.7.